The van der Waals surface area contributed by atoms with Gasteiger partial charge in [0.2, 0.25) is 11.1 Å². The standard InChI is InChI=1S/C21H23N5OS/c1-14(2)16-8-10-18(11-9-16)26-21(22-23-24-26)28-13-20(27)25-15(3)12-17-6-4-5-7-19(17)25/h4-11,14-15H,12-13H2,1-3H3/t15-/m1/s1. The Morgan fingerprint density at radius 1 is 1.18 bits per heavy atom. The number of anilines is 1. The van der Waals surface area contributed by atoms with Gasteiger partial charge >= 0.3 is 0 Å². The monoisotopic (exact) mass is 393 g/mol. The van der Waals surface area contributed by atoms with E-state index >= 15 is 0 Å². The molecule has 0 fully saturated rings. The molecule has 1 aromatic heterocycles. The molecule has 0 unspecified atom stereocenters. The zero-order valence-electron chi connectivity index (χ0n) is 16.2. The largest absolute Gasteiger partial charge is 0.308 e. The first-order valence-electron chi connectivity index (χ1n) is 9.46. The van der Waals surface area contributed by atoms with Crippen molar-refractivity contribution in [1.29, 1.82) is 0 Å². The van der Waals surface area contributed by atoms with Crippen molar-refractivity contribution in [3.05, 3.63) is 59.7 Å². The summed E-state index contributed by atoms with van der Waals surface area (Å²) in [6.45, 7) is 6.41. The van der Waals surface area contributed by atoms with Gasteiger partial charge in [0, 0.05) is 11.7 Å². The molecule has 7 heteroatoms. The SMILES string of the molecule is CC(C)c1ccc(-n2nnnc2SCC(=O)N2c3ccccc3C[C@H]2C)cc1. The van der Waals surface area contributed by atoms with Crippen LogP contribution in [0.1, 0.15) is 37.8 Å². The van der Waals surface area contributed by atoms with Crippen molar-refractivity contribution in [1.82, 2.24) is 20.2 Å². The second kappa shape index (κ2) is 7.75. The molecule has 1 aliphatic rings. The number of benzene rings is 2. The summed E-state index contributed by atoms with van der Waals surface area (Å²) in [4.78, 5) is 14.8. The number of carbonyl (C=O) groups excluding carboxylic acids is 1. The van der Waals surface area contributed by atoms with Crippen molar-refractivity contribution in [3.63, 3.8) is 0 Å². The van der Waals surface area contributed by atoms with Crippen LogP contribution in [0.5, 0.6) is 0 Å². The van der Waals surface area contributed by atoms with Crippen LogP contribution in [-0.4, -0.2) is 37.9 Å². The first-order valence-corrected chi connectivity index (χ1v) is 10.4. The molecule has 0 spiro atoms. The third-order valence-electron chi connectivity index (χ3n) is 5.05. The molecule has 1 amide bonds. The molecule has 2 heterocycles. The van der Waals surface area contributed by atoms with Crippen molar-refractivity contribution in [3.8, 4) is 5.69 Å². The fourth-order valence-electron chi connectivity index (χ4n) is 3.57. The van der Waals surface area contributed by atoms with Crippen LogP contribution in [0.2, 0.25) is 0 Å². The lowest BCUT2D eigenvalue weighted by molar-refractivity contribution is -0.116. The first-order chi connectivity index (χ1) is 13.5. The molecule has 1 atom stereocenters. The number of fused-ring (bicyclic) bond motifs is 1. The Morgan fingerprint density at radius 2 is 1.93 bits per heavy atom. The predicted molar refractivity (Wildman–Crippen MR) is 111 cm³/mol. The Bertz CT molecular complexity index is 982. The van der Waals surface area contributed by atoms with Crippen LogP contribution in [0.15, 0.2) is 53.7 Å². The number of rotatable bonds is 5. The Kier molecular flexibility index (Phi) is 5.17. The molecular formula is C21H23N5OS. The number of amides is 1. The average Bonchev–Trinajstić information content (AvgIpc) is 3.29. The molecule has 0 N–H and O–H groups in total. The van der Waals surface area contributed by atoms with Gasteiger partial charge in [0.25, 0.3) is 0 Å². The zero-order chi connectivity index (χ0) is 19.7. The van der Waals surface area contributed by atoms with E-state index in [2.05, 4.69) is 54.5 Å². The van der Waals surface area contributed by atoms with Gasteiger partial charge in [-0.2, -0.15) is 4.68 Å². The van der Waals surface area contributed by atoms with Gasteiger partial charge in [-0.15, -0.1) is 5.10 Å². The van der Waals surface area contributed by atoms with Crippen LogP contribution < -0.4 is 4.90 Å². The zero-order valence-corrected chi connectivity index (χ0v) is 17.1. The number of thioether (sulfide) groups is 1. The average molecular weight is 394 g/mol. The molecule has 28 heavy (non-hydrogen) atoms. The minimum Gasteiger partial charge on any atom is -0.308 e. The minimum atomic E-state index is 0.0761. The smallest absolute Gasteiger partial charge is 0.237 e. The summed E-state index contributed by atoms with van der Waals surface area (Å²) in [6, 6.07) is 16.5. The summed E-state index contributed by atoms with van der Waals surface area (Å²) < 4.78 is 1.68. The molecule has 2 aromatic carbocycles. The third-order valence-corrected chi connectivity index (χ3v) is 5.95. The van der Waals surface area contributed by atoms with E-state index in [1.54, 1.807) is 4.68 Å². The lowest BCUT2D eigenvalue weighted by Crippen LogP contribution is -2.37. The van der Waals surface area contributed by atoms with Crippen LogP contribution in [0.4, 0.5) is 5.69 Å². The summed E-state index contributed by atoms with van der Waals surface area (Å²) >= 11 is 1.37. The summed E-state index contributed by atoms with van der Waals surface area (Å²) in [5, 5.41) is 12.6. The van der Waals surface area contributed by atoms with E-state index in [-0.39, 0.29) is 11.9 Å². The first kappa shape index (κ1) is 18.7. The van der Waals surface area contributed by atoms with E-state index in [4.69, 9.17) is 0 Å². The number of para-hydroxylation sites is 1. The molecule has 0 bridgehead atoms. The molecular weight excluding hydrogens is 370 g/mol. The van der Waals surface area contributed by atoms with Gasteiger partial charge in [0.1, 0.15) is 0 Å². The fourth-order valence-corrected chi connectivity index (χ4v) is 4.32. The molecule has 0 saturated heterocycles. The number of hydrogen-bond acceptors (Lipinski definition) is 5. The minimum absolute atomic E-state index is 0.0761. The van der Waals surface area contributed by atoms with E-state index in [1.807, 2.05) is 35.2 Å². The fraction of sp³-hybridized carbons (Fsp3) is 0.333. The highest BCUT2D eigenvalue weighted by molar-refractivity contribution is 7.99. The summed E-state index contributed by atoms with van der Waals surface area (Å²) in [7, 11) is 0. The van der Waals surface area contributed by atoms with Crippen molar-refractivity contribution >= 4 is 23.4 Å². The van der Waals surface area contributed by atoms with Crippen LogP contribution in [0.25, 0.3) is 5.69 Å². The van der Waals surface area contributed by atoms with Gasteiger partial charge in [-0.25, -0.2) is 0 Å². The molecule has 4 rings (SSSR count). The van der Waals surface area contributed by atoms with Crippen LogP contribution in [-0.2, 0) is 11.2 Å². The third kappa shape index (κ3) is 3.54. The Balaban J connectivity index is 1.48. The lowest BCUT2D eigenvalue weighted by atomic mass is 10.0. The maximum Gasteiger partial charge on any atom is 0.237 e. The van der Waals surface area contributed by atoms with Crippen LogP contribution in [0.3, 0.4) is 0 Å². The van der Waals surface area contributed by atoms with Gasteiger partial charge < -0.3 is 4.90 Å². The molecule has 0 aliphatic carbocycles. The maximum atomic E-state index is 12.9. The maximum absolute atomic E-state index is 12.9. The number of aromatic nitrogens is 4. The highest BCUT2D eigenvalue weighted by Gasteiger charge is 2.30. The second-order valence-electron chi connectivity index (χ2n) is 7.35. The van der Waals surface area contributed by atoms with Gasteiger partial charge in [0.05, 0.1) is 11.4 Å². The van der Waals surface area contributed by atoms with Gasteiger partial charge in [-0.05, 0) is 59.0 Å². The van der Waals surface area contributed by atoms with Gasteiger partial charge in [0.15, 0.2) is 0 Å². The molecule has 1 aliphatic heterocycles. The van der Waals surface area contributed by atoms with Crippen molar-refractivity contribution in [2.75, 3.05) is 10.7 Å². The molecule has 144 valence electrons. The molecule has 6 nitrogen and oxygen atoms in total. The molecule has 0 radical (unpaired) electrons. The summed E-state index contributed by atoms with van der Waals surface area (Å²) in [5.74, 6) is 0.843. The highest BCUT2D eigenvalue weighted by Crippen LogP contribution is 2.32. The molecule has 0 saturated carbocycles. The predicted octanol–water partition coefficient (Wildman–Crippen LogP) is 3.86. The highest BCUT2D eigenvalue weighted by atomic mass is 32.2. The lowest BCUT2D eigenvalue weighted by Gasteiger charge is -2.22. The normalized spacial score (nSPS) is 15.9. The number of carbonyl (C=O) groups is 1. The van der Waals surface area contributed by atoms with E-state index in [0.29, 0.717) is 16.8 Å². The topological polar surface area (TPSA) is 63.9 Å². The Labute approximate surface area is 168 Å². The molecule has 3 aromatic rings. The Hall–Kier alpha value is -2.67. The van der Waals surface area contributed by atoms with Gasteiger partial charge in [-0.3, -0.25) is 4.79 Å². The van der Waals surface area contributed by atoms with E-state index < -0.39 is 0 Å². The van der Waals surface area contributed by atoms with E-state index in [9.17, 15) is 4.79 Å². The van der Waals surface area contributed by atoms with E-state index in [1.165, 1.54) is 22.9 Å². The van der Waals surface area contributed by atoms with Crippen LogP contribution in [0, 0.1) is 0 Å². The summed E-state index contributed by atoms with van der Waals surface area (Å²) in [6.07, 6.45) is 0.895. The van der Waals surface area contributed by atoms with Crippen LogP contribution >= 0.6 is 11.8 Å². The van der Waals surface area contributed by atoms with E-state index in [0.717, 1.165) is 17.8 Å². The number of tetrazole rings is 1. The quantitative estimate of drug-likeness (QED) is 0.616. The second-order valence-corrected chi connectivity index (χ2v) is 8.30. The Morgan fingerprint density at radius 3 is 2.68 bits per heavy atom. The van der Waals surface area contributed by atoms with Crippen molar-refractivity contribution < 1.29 is 4.79 Å². The van der Waals surface area contributed by atoms with Gasteiger partial charge in [-0.1, -0.05) is 55.9 Å². The number of nitrogens with zero attached hydrogens (tertiary/aromatic N) is 5. The number of hydrogen-bond donors (Lipinski definition) is 0. The summed E-state index contributed by atoms with van der Waals surface area (Å²) in [5.41, 5.74) is 4.40. The van der Waals surface area contributed by atoms with Crippen molar-refractivity contribution in [2.45, 2.75) is 44.3 Å². The van der Waals surface area contributed by atoms with Crippen molar-refractivity contribution in [2.24, 2.45) is 0 Å².